The number of nitrogens with zero attached hydrogens (tertiary/aromatic N) is 2. The summed E-state index contributed by atoms with van der Waals surface area (Å²) in [5, 5.41) is 13.0. The highest BCUT2D eigenvalue weighted by atomic mass is 16.3. The van der Waals surface area contributed by atoms with E-state index in [1.165, 1.54) is 5.56 Å². The lowest BCUT2D eigenvalue weighted by Crippen LogP contribution is -2.24. The van der Waals surface area contributed by atoms with E-state index in [1.807, 2.05) is 19.2 Å². The molecule has 0 radical (unpaired) electrons. The Labute approximate surface area is 115 Å². The number of hydrogen-bond acceptors (Lipinski definition) is 4. The molecule has 1 fully saturated rings. The van der Waals surface area contributed by atoms with Crippen LogP contribution < -0.4 is 5.32 Å². The Balaban J connectivity index is 1.95. The molecular formula is C15H25N3O. The van der Waals surface area contributed by atoms with E-state index in [4.69, 9.17) is 0 Å². The number of likely N-dealkylation sites (tertiary alicyclic amines) is 1. The SMILES string of the molecule is CCCNc1ncccc1CN1CCC(C(C)O)C1. The van der Waals surface area contributed by atoms with Crippen LogP contribution in [0.15, 0.2) is 18.3 Å². The minimum absolute atomic E-state index is 0.198. The first-order valence-corrected chi connectivity index (χ1v) is 7.29. The van der Waals surface area contributed by atoms with E-state index in [-0.39, 0.29) is 6.10 Å². The Bertz CT molecular complexity index is 395. The molecule has 2 unspecified atom stereocenters. The predicted molar refractivity (Wildman–Crippen MR) is 78.1 cm³/mol. The molecule has 106 valence electrons. The molecule has 1 saturated heterocycles. The van der Waals surface area contributed by atoms with Gasteiger partial charge in [0.25, 0.3) is 0 Å². The molecule has 0 bridgehead atoms. The molecule has 0 aromatic carbocycles. The van der Waals surface area contributed by atoms with Gasteiger partial charge in [0.15, 0.2) is 0 Å². The summed E-state index contributed by atoms with van der Waals surface area (Å²) >= 11 is 0. The van der Waals surface area contributed by atoms with Crippen LogP contribution in [0.4, 0.5) is 5.82 Å². The van der Waals surface area contributed by atoms with Crippen LogP contribution in [0.2, 0.25) is 0 Å². The number of anilines is 1. The molecule has 4 heteroatoms. The van der Waals surface area contributed by atoms with Crippen molar-refractivity contribution in [1.82, 2.24) is 9.88 Å². The van der Waals surface area contributed by atoms with E-state index in [0.29, 0.717) is 5.92 Å². The molecule has 19 heavy (non-hydrogen) atoms. The molecule has 1 aromatic rings. The monoisotopic (exact) mass is 263 g/mol. The topological polar surface area (TPSA) is 48.4 Å². The molecule has 2 atom stereocenters. The third-order valence-electron chi connectivity index (χ3n) is 3.82. The van der Waals surface area contributed by atoms with Gasteiger partial charge in [-0.2, -0.15) is 0 Å². The summed E-state index contributed by atoms with van der Waals surface area (Å²) in [5.74, 6) is 1.42. The third-order valence-corrected chi connectivity index (χ3v) is 3.82. The molecule has 0 aliphatic carbocycles. The highest BCUT2D eigenvalue weighted by Gasteiger charge is 2.26. The molecule has 0 amide bonds. The number of hydrogen-bond donors (Lipinski definition) is 2. The first-order chi connectivity index (χ1) is 9.20. The summed E-state index contributed by atoms with van der Waals surface area (Å²) in [7, 11) is 0. The Hall–Kier alpha value is -1.13. The zero-order chi connectivity index (χ0) is 13.7. The molecular weight excluding hydrogens is 238 g/mol. The Morgan fingerprint density at radius 2 is 2.42 bits per heavy atom. The lowest BCUT2D eigenvalue weighted by molar-refractivity contribution is 0.127. The standard InChI is InChI=1S/C15H25N3O/c1-3-7-16-15-14(5-4-8-17-15)11-18-9-6-13(10-18)12(2)19/h4-5,8,12-13,19H,3,6-7,9-11H2,1-2H3,(H,16,17). The Morgan fingerprint density at radius 1 is 1.58 bits per heavy atom. The summed E-state index contributed by atoms with van der Waals surface area (Å²) in [4.78, 5) is 6.83. The van der Waals surface area contributed by atoms with E-state index >= 15 is 0 Å². The lowest BCUT2D eigenvalue weighted by Gasteiger charge is -2.19. The molecule has 1 aliphatic heterocycles. The Morgan fingerprint density at radius 3 is 3.11 bits per heavy atom. The van der Waals surface area contributed by atoms with Crippen LogP contribution in [0.25, 0.3) is 0 Å². The van der Waals surface area contributed by atoms with Crippen molar-refractivity contribution in [2.24, 2.45) is 5.92 Å². The average Bonchev–Trinajstić information content (AvgIpc) is 2.86. The summed E-state index contributed by atoms with van der Waals surface area (Å²) in [6.45, 7) is 7.98. The van der Waals surface area contributed by atoms with Crippen LogP contribution in [-0.2, 0) is 6.54 Å². The highest BCUT2D eigenvalue weighted by Crippen LogP contribution is 2.23. The number of aliphatic hydroxyl groups is 1. The van der Waals surface area contributed by atoms with Crippen LogP contribution in [0.1, 0.15) is 32.3 Å². The second kappa shape index (κ2) is 6.87. The van der Waals surface area contributed by atoms with Crippen molar-refractivity contribution in [2.45, 2.75) is 39.3 Å². The summed E-state index contributed by atoms with van der Waals surface area (Å²) in [6.07, 6.45) is 3.83. The van der Waals surface area contributed by atoms with E-state index in [9.17, 15) is 5.11 Å². The minimum atomic E-state index is -0.198. The van der Waals surface area contributed by atoms with Crippen LogP contribution in [0.3, 0.4) is 0 Å². The van der Waals surface area contributed by atoms with Crippen molar-refractivity contribution in [3.8, 4) is 0 Å². The van der Waals surface area contributed by atoms with E-state index in [2.05, 4.69) is 28.2 Å². The van der Waals surface area contributed by atoms with Gasteiger partial charge < -0.3 is 10.4 Å². The second-order valence-corrected chi connectivity index (χ2v) is 5.46. The zero-order valence-electron chi connectivity index (χ0n) is 12.0. The van der Waals surface area contributed by atoms with Gasteiger partial charge >= 0.3 is 0 Å². The number of aromatic nitrogens is 1. The van der Waals surface area contributed by atoms with Crippen molar-refractivity contribution in [2.75, 3.05) is 25.0 Å². The number of pyridine rings is 1. The fraction of sp³-hybridized carbons (Fsp3) is 0.667. The van der Waals surface area contributed by atoms with Gasteiger partial charge in [0.2, 0.25) is 0 Å². The molecule has 2 heterocycles. The quantitative estimate of drug-likeness (QED) is 0.825. The number of rotatable bonds is 6. The van der Waals surface area contributed by atoms with E-state index in [1.54, 1.807) is 0 Å². The first-order valence-electron chi connectivity index (χ1n) is 7.29. The summed E-state index contributed by atoms with van der Waals surface area (Å²) in [6, 6.07) is 4.13. The molecule has 1 aliphatic rings. The summed E-state index contributed by atoms with van der Waals surface area (Å²) in [5.41, 5.74) is 1.25. The van der Waals surface area contributed by atoms with Crippen LogP contribution in [-0.4, -0.2) is 40.7 Å². The predicted octanol–water partition coefficient (Wildman–Crippen LogP) is 2.11. The molecule has 1 aromatic heterocycles. The third kappa shape index (κ3) is 3.91. The smallest absolute Gasteiger partial charge is 0.130 e. The molecule has 2 rings (SSSR count). The molecule has 0 spiro atoms. The molecule has 0 saturated carbocycles. The maximum absolute atomic E-state index is 9.66. The average molecular weight is 263 g/mol. The fourth-order valence-corrected chi connectivity index (χ4v) is 2.61. The maximum atomic E-state index is 9.66. The molecule has 2 N–H and O–H groups in total. The van der Waals surface area contributed by atoms with Crippen molar-refractivity contribution < 1.29 is 5.11 Å². The van der Waals surface area contributed by atoms with Gasteiger partial charge in [-0.1, -0.05) is 13.0 Å². The minimum Gasteiger partial charge on any atom is -0.393 e. The highest BCUT2D eigenvalue weighted by molar-refractivity contribution is 5.43. The van der Waals surface area contributed by atoms with Crippen molar-refractivity contribution in [3.05, 3.63) is 23.9 Å². The maximum Gasteiger partial charge on any atom is 0.130 e. The van der Waals surface area contributed by atoms with Gasteiger partial charge in [0, 0.05) is 31.4 Å². The van der Waals surface area contributed by atoms with Crippen LogP contribution in [0.5, 0.6) is 0 Å². The van der Waals surface area contributed by atoms with Crippen LogP contribution in [0, 0.1) is 5.92 Å². The number of aliphatic hydroxyl groups excluding tert-OH is 1. The fourth-order valence-electron chi connectivity index (χ4n) is 2.61. The van der Waals surface area contributed by atoms with Gasteiger partial charge in [0.05, 0.1) is 6.10 Å². The second-order valence-electron chi connectivity index (χ2n) is 5.46. The van der Waals surface area contributed by atoms with Crippen LogP contribution >= 0.6 is 0 Å². The van der Waals surface area contributed by atoms with Gasteiger partial charge in [-0.05, 0) is 38.3 Å². The van der Waals surface area contributed by atoms with Gasteiger partial charge in [-0.15, -0.1) is 0 Å². The van der Waals surface area contributed by atoms with Gasteiger partial charge in [-0.25, -0.2) is 4.98 Å². The molecule has 4 nitrogen and oxygen atoms in total. The van der Waals surface area contributed by atoms with Crippen molar-refractivity contribution >= 4 is 5.82 Å². The van der Waals surface area contributed by atoms with Gasteiger partial charge in [0.1, 0.15) is 5.82 Å². The largest absolute Gasteiger partial charge is 0.393 e. The van der Waals surface area contributed by atoms with E-state index < -0.39 is 0 Å². The van der Waals surface area contributed by atoms with Crippen molar-refractivity contribution in [1.29, 1.82) is 0 Å². The van der Waals surface area contributed by atoms with Crippen molar-refractivity contribution in [3.63, 3.8) is 0 Å². The van der Waals surface area contributed by atoms with Gasteiger partial charge in [-0.3, -0.25) is 4.90 Å². The van der Waals surface area contributed by atoms with E-state index in [0.717, 1.165) is 44.8 Å². The first kappa shape index (κ1) is 14.3. The number of nitrogens with one attached hydrogen (secondary N) is 1. The summed E-state index contributed by atoms with van der Waals surface area (Å²) < 4.78 is 0. The normalized spacial score (nSPS) is 21.5. The zero-order valence-corrected chi connectivity index (χ0v) is 12.0. The lowest BCUT2D eigenvalue weighted by atomic mass is 10.0. The Kier molecular flexibility index (Phi) is 5.16.